The SMILES string of the molecule is COc1ccc(N(CC(=O)NCc2ccc(N3CCCCC3)cc2)S(=O)(=O)c2ccccc2)c(OC)c1. The maximum absolute atomic E-state index is 13.6. The molecule has 3 aromatic carbocycles. The van der Waals surface area contributed by atoms with E-state index in [9.17, 15) is 13.2 Å². The van der Waals surface area contributed by atoms with Crippen LogP contribution in [0.2, 0.25) is 0 Å². The van der Waals surface area contributed by atoms with E-state index in [1.165, 1.54) is 51.3 Å². The van der Waals surface area contributed by atoms with Crippen molar-refractivity contribution < 1.29 is 22.7 Å². The van der Waals surface area contributed by atoms with Gasteiger partial charge in [-0.3, -0.25) is 9.10 Å². The smallest absolute Gasteiger partial charge is 0.264 e. The van der Waals surface area contributed by atoms with Gasteiger partial charge in [0.25, 0.3) is 10.0 Å². The van der Waals surface area contributed by atoms with Crippen LogP contribution in [0.1, 0.15) is 24.8 Å². The molecule has 0 aromatic heterocycles. The van der Waals surface area contributed by atoms with Crippen molar-refractivity contribution in [3.05, 3.63) is 78.4 Å². The third kappa shape index (κ3) is 6.35. The summed E-state index contributed by atoms with van der Waals surface area (Å²) in [6.45, 7) is 2.01. The average molecular weight is 524 g/mol. The van der Waals surface area contributed by atoms with Gasteiger partial charge in [-0.15, -0.1) is 0 Å². The number of hydrogen-bond acceptors (Lipinski definition) is 6. The number of carbonyl (C=O) groups excluding carboxylic acids is 1. The van der Waals surface area contributed by atoms with Crippen molar-refractivity contribution in [2.75, 3.05) is 43.1 Å². The molecule has 1 aliphatic heterocycles. The Balaban J connectivity index is 1.52. The molecule has 9 heteroatoms. The van der Waals surface area contributed by atoms with Gasteiger partial charge in [-0.1, -0.05) is 30.3 Å². The highest BCUT2D eigenvalue weighted by Crippen LogP contribution is 2.35. The molecular weight excluding hydrogens is 490 g/mol. The number of piperidine rings is 1. The molecule has 0 spiro atoms. The topological polar surface area (TPSA) is 88.2 Å². The van der Waals surface area contributed by atoms with E-state index in [4.69, 9.17) is 9.47 Å². The van der Waals surface area contributed by atoms with Gasteiger partial charge in [0.1, 0.15) is 18.0 Å². The Morgan fingerprint density at radius 2 is 1.62 bits per heavy atom. The quantitative estimate of drug-likeness (QED) is 0.429. The minimum Gasteiger partial charge on any atom is -0.497 e. The van der Waals surface area contributed by atoms with Crippen molar-refractivity contribution in [1.29, 1.82) is 0 Å². The zero-order valence-electron chi connectivity index (χ0n) is 21.2. The lowest BCUT2D eigenvalue weighted by Crippen LogP contribution is -2.40. The Bertz CT molecular complexity index is 1290. The van der Waals surface area contributed by atoms with E-state index in [-0.39, 0.29) is 22.9 Å². The van der Waals surface area contributed by atoms with Crippen LogP contribution in [0.15, 0.2) is 77.7 Å². The second-order valence-corrected chi connectivity index (χ2v) is 10.7. The summed E-state index contributed by atoms with van der Waals surface area (Å²) in [7, 11) is -1.10. The number of nitrogens with one attached hydrogen (secondary N) is 1. The number of nitrogens with zero attached hydrogens (tertiary/aromatic N) is 2. The molecule has 0 aliphatic carbocycles. The van der Waals surface area contributed by atoms with Crippen LogP contribution in [0.3, 0.4) is 0 Å². The van der Waals surface area contributed by atoms with Gasteiger partial charge >= 0.3 is 0 Å². The van der Waals surface area contributed by atoms with Crippen LogP contribution in [0.5, 0.6) is 11.5 Å². The minimum atomic E-state index is -4.06. The number of methoxy groups -OCH3 is 2. The Morgan fingerprint density at radius 3 is 2.27 bits per heavy atom. The van der Waals surface area contributed by atoms with Crippen molar-refractivity contribution in [3.8, 4) is 11.5 Å². The van der Waals surface area contributed by atoms with Crippen molar-refractivity contribution in [3.63, 3.8) is 0 Å². The molecule has 37 heavy (non-hydrogen) atoms. The van der Waals surface area contributed by atoms with Gasteiger partial charge in [-0.25, -0.2) is 8.42 Å². The minimum absolute atomic E-state index is 0.0778. The Morgan fingerprint density at radius 1 is 0.919 bits per heavy atom. The summed E-state index contributed by atoms with van der Waals surface area (Å²) >= 11 is 0. The van der Waals surface area contributed by atoms with Crippen LogP contribution in [0.25, 0.3) is 0 Å². The van der Waals surface area contributed by atoms with Crippen molar-refractivity contribution >= 4 is 27.3 Å². The van der Waals surface area contributed by atoms with E-state index in [0.717, 1.165) is 23.0 Å². The predicted octanol–water partition coefficient (Wildman–Crippen LogP) is 4.21. The lowest BCUT2D eigenvalue weighted by molar-refractivity contribution is -0.119. The molecule has 0 unspecified atom stereocenters. The second-order valence-electron chi connectivity index (χ2n) is 8.85. The molecule has 0 atom stereocenters. The van der Waals surface area contributed by atoms with Gasteiger partial charge in [-0.05, 0) is 61.2 Å². The fourth-order valence-corrected chi connectivity index (χ4v) is 5.83. The van der Waals surface area contributed by atoms with E-state index in [1.54, 1.807) is 36.4 Å². The molecule has 1 saturated heterocycles. The van der Waals surface area contributed by atoms with Gasteiger partial charge in [0.05, 0.1) is 24.8 Å². The van der Waals surface area contributed by atoms with Crippen LogP contribution >= 0.6 is 0 Å². The van der Waals surface area contributed by atoms with E-state index < -0.39 is 22.5 Å². The molecule has 8 nitrogen and oxygen atoms in total. The lowest BCUT2D eigenvalue weighted by atomic mass is 10.1. The van der Waals surface area contributed by atoms with Crippen molar-refractivity contribution in [1.82, 2.24) is 5.32 Å². The fraction of sp³-hybridized carbons (Fsp3) is 0.321. The fourth-order valence-electron chi connectivity index (χ4n) is 4.37. The highest BCUT2D eigenvalue weighted by Gasteiger charge is 2.29. The number of carbonyl (C=O) groups is 1. The largest absolute Gasteiger partial charge is 0.497 e. The Hall–Kier alpha value is -3.72. The zero-order chi connectivity index (χ0) is 26.3. The molecule has 0 saturated carbocycles. The summed E-state index contributed by atoms with van der Waals surface area (Å²) in [6, 6.07) is 20.9. The second kappa shape index (κ2) is 12.0. The molecular formula is C28H33N3O5S. The standard InChI is InChI=1S/C28H33N3O5S/c1-35-24-15-16-26(27(19-24)36-2)31(37(33,34)25-9-5-3-6-10-25)21-28(32)29-20-22-11-13-23(14-12-22)30-17-7-4-8-18-30/h3,5-6,9-16,19H,4,7-8,17-18,20-21H2,1-2H3,(H,29,32). The summed E-state index contributed by atoms with van der Waals surface area (Å²) in [5, 5.41) is 2.86. The monoisotopic (exact) mass is 523 g/mol. The Labute approximate surface area is 218 Å². The van der Waals surface area contributed by atoms with Crippen LogP contribution < -0.4 is 24.0 Å². The molecule has 4 rings (SSSR count). The normalized spacial score (nSPS) is 13.6. The summed E-state index contributed by atoms with van der Waals surface area (Å²) in [6.07, 6.45) is 3.69. The van der Waals surface area contributed by atoms with E-state index in [2.05, 4.69) is 22.3 Å². The van der Waals surface area contributed by atoms with E-state index in [1.807, 2.05) is 12.1 Å². The van der Waals surface area contributed by atoms with Gasteiger partial charge < -0.3 is 19.7 Å². The average Bonchev–Trinajstić information content (AvgIpc) is 2.95. The highest BCUT2D eigenvalue weighted by molar-refractivity contribution is 7.92. The van der Waals surface area contributed by atoms with E-state index in [0.29, 0.717) is 5.75 Å². The molecule has 1 heterocycles. The molecule has 1 fully saturated rings. The van der Waals surface area contributed by atoms with Crippen LogP contribution in [0.4, 0.5) is 11.4 Å². The highest BCUT2D eigenvalue weighted by atomic mass is 32.2. The third-order valence-electron chi connectivity index (χ3n) is 6.42. The number of amides is 1. The van der Waals surface area contributed by atoms with Gasteiger partial charge in [0.2, 0.25) is 5.91 Å². The third-order valence-corrected chi connectivity index (χ3v) is 8.20. The van der Waals surface area contributed by atoms with Crippen LogP contribution in [0, 0.1) is 0 Å². The first-order chi connectivity index (χ1) is 17.9. The van der Waals surface area contributed by atoms with Crippen molar-refractivity contribution in [2.24, 2.45) is 0 Å². The van der Waals surface area contributed by atoms with E-state index >= 15 is 0 Å². The number of sulfonamides is 1. The first-order valence-electron chi connectivity index (χ1n) is 12.3. The number of rotatable bonds is 10. The van der Waals surface area contributed by atoms with Crippen molar-refractivity contribution in [2.45, 2.75) is 30.7 Å². The zero-order valence-corrected chi connectivity index (χ0v) is 22.0. The summed E-state index contributed by atoms with van der Waals surface area (Å²) in [4.78, 5) is 15.5. The number of anilines is 2. The number of ether oxygens (including phenoxy) is 2. The lowest BCUT2D eigenvalue weighted by Gasteiger charge is -2.29. The van der Waals surface area contributed by atoms with Gasteiger partial charge in [0, 0.05) is 31.4 Å². The maximum Gasteiger partial charge on any atom is 0.264 e. The first kappa shape index (κ1) is 26.3. The first-order valence-corrected chi connectivity index (χ1v) is 13.8. The van der Waals surface area contributed by atoms with Gasteiger partial charge in [0.15, 0.2) is 0 Å². The molecule has 1 amide bonds. The molecule has 196 valence electrons. The molecule has 3 aromatic rings. The number of benzene rings is 3. The van der Waals surface area contributed by atoms with Crippen LogP contribution in [-0.4, -0.2) is 48.2 Å². The Kier molecular flexibility index (Phi) is 8.55. The summed E-state index contributed by atoms with van der Waals surface area (Å²) in [5.41, 5.74) is 2.36. The van der Waals surface area contributed by atoms with Gasteiger partial charge in [-0.2, -0.15) is 0 Å². The molecule has 0 bridgehead atoms. The molecule has 1 N–H and O–H groups in total. The van der Waals surface area contributed by atoms with Crippen LogP contribution in [-0.2, 0) is 21.4 Å². The predicted molar refractivity (Wildman–Crippen MR) is 145 cm³/mol. The molecule has 0 radical (unpaired) electrons. The number of hydrogen-bond donors (Lipinski definition) is 1. The maximum atomic E-state index is 13.6. The summed E-state index contributed by atoms with van der Waals surface area (Å²) in [5.74, 6) is 0.354. The molecule has 1 aliphatic rings. The summed E-state index contributed by atoms with van der Waals surface area (Å²) < 4.78 is 39.0.